The van der Waals surface area contributed by atoms with Crippen molar-refractivity contribution in [3.63, 3.8) is 0 Å². The zero-order chi connectivity index (χ0) is 18.6. The summed E-state index contributed by atoms with van der Waals surface area (Å²) in [5.41, 5.74) is 2.42. The number of hydrogen-bond acceptors (Lipinski definition) is 5. The van der Waals surface area contributed by atoms with Gasteiger partial charge in [0.2, 0.25) is 0 Å². The maximum absolute atomic E-state index is 6.20. The number of aryl methyl sites for hydroxylation is 1. The summed E-state index contributed by atoms with van der Waals surface area (Å²) < 4.78 is 12.2. The molecule has 1 aliphatic rings. The van der Waals surface area contributed by atoms with E-state index < -0.39 is 0 Å². The Balaban J connectivity index is 1.42. The second-order valence-electron chi connectivity index (χ2n) is 7.06. The Labute approximate surface area is 164 Å². The van der Waals surface area contributed by atoms with Crippen LogP contribution >= 0.6 is 11.3 Å². The highest BCUT2D eigenvalue weighted by Gasteiger charge is 2.21. The first kappa shape index (κ1) is 18.0. The van der Waals surface area contributed by atoms with E-state index in [1.54, 1.807) is 11.3 Å². The third-order valence-corrected chi connectivity index (χ3v) is 5.45. The number of fused-ring (bicyclic) bond motifs is 1. The topological polar surface area (TPSA) is 43.4 Å². The van der Waals surface area contributed by atoms with Crippen molar-refractivity contribution >= 4 is 11.3 Å². The summed E-state index contributed by atoms with van der Waals surface area (Å²) in [6, 6.07) is 16.9. The highest BCUT2D eigenvalue weighted by molar-refractivity contribution is 7.13. The minimum absolute atomic E-state index is 0.125. The largest absolute Gasteiger partial charge is 0.485 e. The summed E-state index contributed by atoms with van der Waals surface area (Å²) in [6.45, 7) is 5.09. The monoisotopic (exact) mass is 380 g/mol. The van der Waals surface area contributed by atoms with Gasteiger partial charge < -0.3 is 14.8 Å². The Bertz CT molecular complexity index is 892. The van der Waals surface area contributed by atoms with Crippen LogP contribution in [0.4, 0.5) is 0 Å². The van der Waals surface area contributed by atoms with Crippen LogP contribution in [-0.2, 0) is 13.0 Å². The van der Waals surface area contributed by atoms with E-state index >= 15 is 0 Å². The fourth-order valence-electron chi connectivity index (χ4n) is 3.15. The van der Waals surface area contributed by atoms with Gasteiger partial charge in [0.05, 0.1) is 0 Å². The van der Waals surface area contributed by atoms with Crippen molar-refractivity contribution < 1.29 is 9.47 Å². The van der Waals surface area contributed by atoms with Gasteiger partial charge in [-0.3, -0.25) is 0 Å². The lowest BCUT2D eigenvalue weighted by Crippen LogP contribution is -2.21. The molecule has 0 radical (unpaired) electrons. The third-order valence-electron chi connectivity index (χ3n) is 4.57. The number of nitrogens with one attached hydrogen (secondary N) is 1. The van der Waals surface area contributed by atoms with Crippen LogP contribution in [0.15, 0.2) is 54.7 Å². The molecule has 4 nitrogen and oxygen atoms in total. The minimum atomic E-state index is 0.125. The molecule has 1 aliphatic heterocycles. The maximum Gasteiger partial charge on any atom is 0.278 e. The molecule has 1 aromatic heterocycles. The SMILES string of the molecule is CC(C)NCc1cnc(Oc2ccc3c(c2)CCC(c2ccccc2)O3)s1. The normalized spacial score (nSPS) is 16.0. The van der Waals surface area contributed by atoms with E-state index in [0.29, 0.717) is 11.2 Å². The smallest absolute Gasteiger partial charge is 0.278 e. The maximum atomic E-state index is 6.20. The molecule has 1 unspecified atom stereocenters. The second kappa shape index (κ2) is 8.11. The van der Waals surface area contributed by atoms with Crippen LogP contribution in [0.1, 0.15) is 42.4 Å². The van der Waals surface area contributed by atoms with Crippen molar-refractivity contribution in [2.75, 3.05) is 0 Å². The van der Waals surface area contributed by atoms with Crippen molar-refractivity contribution in [3.05, 3.63) is 70.7 Å². The molecule has 0 spiro atoms. The molecule has 5 heteroatoms. The van der Waals surface area contributed by atoms with E-state index in [4.69, 9.17) is 9.47 Å². The van der Waals surface area contributed by atoms with Gasteiger partial charge in [-0.15, -0.1) is 0 Å². The van der Waals surface area contributed by atoms with Crippen molar-refractivity contribution in [2.24, 2.45) is 0 Å². The molecule has 3 aromatic rings. The second-order valence-corrected chi connectivity index (χ2v) is 8.13. The average molecular weight is 381 g/mol. The first-order chi connectivity index (χ1) is 13.2. The molecule has 140 valence electrons. The van der Waals surface area contributed by atoms with E-state index in [2.05, 4.69) is 54.5 Å². The van der Waals surface area contributed by atoms with Crippen molar-refractivity contribution in [3.8, 4) is 16.7 Å². The highest BCUT2D eigenvalue weighted by Crippen LogP contribution is 2.37. The van der Waals surface area contributed by atoms with Crippen LogP contribution in [0.3, 0.4) is 0 Å². The van der Waals surface area contributed by atoms with E-state index in [1.807, 2.05) is 24.4 Å². The first-order valence-electron chi connectivity index (χ1n) is 9.38. The van der Waals surface area contributed by atoms with Gasteiger partial charge in [0, 0.05) is 23.7 Å². The lowest BCUT2D eigenvalue weighted by Gasteiger charge is -2.26. The van der Waals surface area contributed by atoms with Gasteiger partial charge in [-0.05, 0) is 42.2 Å². The van der Waals surface area contributed by atoms with Gasteiger partial charge in [0.25, 0.3) is 5.19 Å². The van der Waals surface area contributed by atoms with Gasteiger partial charge in [0.15, 0.2) is 0 Å². The Kier molecular flexibility index (Phi) is 5.41. The molecule has 0 bridgehead atoms. The molecule has 4 rings (SSSR count). The molecular weight excluding hydrogens is 356 g/mol. The molecule has 0 saturated carbocycles. The molecule has 27 heavy (non-hydrogen) atoms. The van der Waals surface area contributed by atoms with Gasteiger partial charge in [0.1, 0.15) is 17.6 Å². The van der Waals surface area contributed by atoms with E-state index in [0.717, 1.165) is 30.9 Å². The van der Waals surface area contributed by atoms with Gasteiger partial charge >= 0.3 is 0 Å². The summed E-state index contributed by atoms with van der Waals surface area (Å²) in [6.07, 6.45) is 3.96. The summed E-state index contributed by atoms with van der Waals surface area (Å²) >= 11 is 1.58. The number of ether oxygens (including phenoxy) is 2. The zero-order valence-electron chi connectivity index (χ0n) is 15.6. The predicted octanol–water partition coefficient (Wildman–Crippen LogP) is 5.50. The third kappa shape index (κ3) is 4.49. The molecule has 0 saturated heterocycles. The van der Waals surface area contributed by atoms with E-state index in [9.17, 15) is 0 Å². The summed E-state index contributed by atoms with van der Waals surface area (Å²) in [5.74, 6) is 1.76. The van der Waals surface area contributed by atoms with Gasteiger partial charge in [-0.25, -0.2) is 4.98 Å². The Morgan fingerprint density at radius 1 is 1.22 bits per heavy atom. The average Bonchev–Trinajstić information content (AvgIpc) is 3.14. The van der Waals surface area contributed by atoms with Gasteiger partial charge in [-0.2, -0.15) is 0 Å². The van der Waals surface area contributed by atoms with E-state index in [-0.39, 0.29) is 6.10 Å². The van der Waals surface area contributed by atoms with Crippen LogP contribution in [0.25, 0.3) is 0 Å². The molecular formula is C22H24N2O2S. The van der Waals surface area contributed by atoms with Crippen molar-refractivity contribution in [1.82, 2.24) is 10.3 Å². The fourth-order valence-corrected chi connectivity index (χ4v) is 3.88. The lowest BCUT2D eigenvalue weighted by molar-refractivity contribution is 0.176. The number of benzene rings is 2. The first-order valence-corrected chi connectivity index (χ1v) is 10.2. The molecule has 2 aromatic carbocycles. The zero-order valence-corrected chi connectivity index (χ0v) is 16.5. The summed E-state index contributed by atoms with van der Waals surface area (Å²) in [4.78, 5) is 5.55. The number of aromatic nitrogens is 1. The Morgan fingerprint density at radius 3 is 2.89 bits per heavy atom. The van der Waals surface area contributed by atoms with E-state index in [1.165, 1.54) is 16.0 Å². The van der Waals surface area contributed by atoms with Crippen LogP contribution in [-0.4, -0.2) is 11.0 Å². The highest BCUT2D eigenvalue weighted by atomic mass is 32.1. The molecule has 1 atom stereocenters. The number of nitrogens with zero attached hydrogens (tertiary/aromatic N) is 1. The fraction of sp³-hybridized carbons (Fsp3) is 0.318. The number of rotatable bonds is 6. The summed E-state index contributed by atoms with van der Waals surface area (Å²) in [5, 5.41) is 4.07. The Morgan fingerprint density at radius 2 is 2.07 bits per heavy atom. The number of thiazole rings is 1. The van der Waals surface area contributed by atoms with Gasteiger partial charge in [-0.1, -0.05) is 55.5 Å². The van der Waals surface area contributed by atoms with Crippen LogP contribution < -0.4 is 14.8 Å². The lowest BCUT2D eigenvalue weighted by atomic mass is 9.97. The van der Waals surface area contributed by atoms with Crippen LogP contribution in [0.5, 0.6) is 16.7 Å². The molecule has 0 amide bonds. The minimum Gasteiger partial charge on any atom is -0.485 e. The van der Waals surface area contributed by atoms with Crippen LogP contribution in [0, 0.1) is 0 Å². The molecule has 2 heterocycles. The number of hydrogen-bond donors (Lipinski definition) is 1. The Hall–Kier alpha value is -2.37. The van der Waals surface area contributed by atoms with Crippen molar-refractivity contribution in [1.29, 1.82) is 0 Å². The molecule has 0 aliphatic carbocycles. The summed E-state index contributed by atoms with van der Waals surface area (Å²) in [7, 11) is 0. The standard InChI is InChI=1S/C22H24N2O2S/c1-15(2)23-13-19-14-24-22(27-19)25-18-9-11-21-17(12-18)8-10-20(26-21)16-6-4-3-5-7-16/h3-7,9,11-12,14-15,20,23H,8,10,13H2,1-2H3. The predicted molar refractivity (Wildman–Crippen MR) is 109 cm³/mol. The van der Waals surface area contributed by atoms with Crippen LogP contribution in [0.2, 0.25) is 0 Å². The quantitative estimate of drug-likeness (QED) is 0.613. The molecule has 1 N–H and O–H groups in total. The molecule has 0 fully saturated rings. The van der Waals surface area contributed by atoms with Crippen molar-refractivity contribution in [2.45, 2.75) is 45.4 Å².